The van der Waals surface area contributed by atoms with E-state index in [1.165, 1.54) is 6.42 Å². The van der Waals surface area contributed by atoms with Gasteiger partial charge in [0, 0.05) is 5.38 Å². The van der Waals surface area contributed by atoms with Crippen molar-refractivity contribution in [2.24, 2.45) is 5.92 Å². The molecule has 0 atom stereocenters. The molecular formula is C9H11ClO2S. The Hall–Kier alpha value is -0.540. The zero-order valence-electron chi connectivity index (χ0n) is 7.06. The Labute approximate surface area is 87.3 Å². The van der Waals surface area contributed by atoms with Gasteiger partial charge in [0.05, 0.1) is 5.92 Å². The van der Waals surface area contributed by atoms with E-state index in [2.05, 4.69) is 0 Å². The minimum Gasteiger partial charge on any atom is -0.425 e. The van der Waals surface area contributed by atoms with Crippen molar-refractivity contribution in [2.45, 2.75) is 19.3 Å². The van der Waals surface area contributed by atoms with Crippen molar-refractivity contribution < 1.29 is 9.53 Å². The number of rotatable bonds is 2. The van der Waals surface area contributed by atoms with Crippen molar-refractivity contribution in [1.82, 2.24) is 0 Å². The first-order chi connectivity index (χ1) is 5.86. The van der Waals surface area contributed by atoms with Gasteiger partial charge in [-0.1, -0.05) is 6.42 Å². The lowest BCUT2D eigenvalue weighted by molar-refractivity contribution is -0.141. The van der Waals surface area contributed by atoms with Gasteiger partial charge in [0.1, 0.15) is 5.75 Å². The normalized spacial score (nSPS) is 15.7. The summed E-state index contributed by atoms with van der Waals surface area (Å²) in [7, 11) is 0. The molecule has 1 aromatic rings. The number of carbonyl (C=O) groups excluding carboxylic acids is 1. The summed E-state index contributed by atoms with van der Waals surface area (Å²) in [6.45, 7) is 0. The molecule has 0 N–H and O–H groups in total. The van der Waals surface area contributed by atoms with E-state index in [1.807, 2.05) is 16.8 Å². The predicted molar refractivity (Wildman–Crippen MR) is 54.5 cm³/mol. The largest absolute Gasteiger partial charge is 0.425 e. The van der Waals surface area contributed by atoms with E-state index in [4.69, 9.17) is 4.74 Å². The van der Waals surface area contributed by atoms with Crippen molar-refractivity contribution in [2.75, 3.05) is 0 Å². The van der Waals surface area contributed by atoms with Crippen LogP contribution in [0.25, 0.3) is 0 Å². The maximum Gasteiger partial charge on any atom is 0.314 e. The molecule has 2 nitrogen and oxygen atoms in total. The molecule has 0 amide bonds. The zero-order valence-corrected chi connectivity index (χ0v) is 8.70. The van der Waals surface area contributed by atoms with Crippen LogP contribution in [0.15, 0.2) is 16.8 Å². The number of carbonyl (C=O) groups is 1. The van der Waals surface area contributed by atoms with Crippen LogP contribution >= 0.6 is 23.7 Å². The lowest BCUT2D eigenvalue weighted by Gasteiger charge is -2.22. The van der Waals surface area contributed by atoms with Gasteiger partial charge in [-0.25, -0.2) is 0 Å². The smallest absolute Gasteiger partial charge is 0.314 e. The molecule has 0 unspecified atom stereocenters. The molecule has 0 saturated heterocycles. The van der Waals surface area contributed by atoms with Crippen molar-refractivity contribution >= 4 is 29.7 Å². The molecule has 1 aliphatic carbocycles. The van der Waals surface area contributed by atoms with Gasteiger partial charge in [0.15, 0.2) is 0 Å². The summed E-state index contributed by atoms with van der Waals surface area (Å²) in [5.74, 6) is 0.807. The first-order valence-corrected chi connectivity index (χ1v) is 5.04. The van der Waals surface area contributed by atoms with Crippen LogP contribution < -0.4 is 4.74 Å². The zero-order chi connectivity index (χ0) is 8.39. The van der Waals surface area contributed by atoms with Gasteiger partial charge in [0.2, 0.25) is 0 Å². The highest BCUT2D eigenvalue weighted by Crippen LogP contribution is 2.28. The Morgan fingerprint density at radius 3 is 2.77 bits per heavy atom. The van der Waals surface area contributed by atoms with E-state index in [9.17, 15) is 4.79 Å². The van der Waals surface area contributed by atoms with Gasteiger partial charge >= 0.3 is 5.97 Å². The second kappa shape index (κ2) is 4.63. The topological polar surface area (TPSA) is 26.3 Å². The minimum absolute atomic E-state index is 0. The quantitative estimate of drug-likeness (QED) is 0.714. The van der Waals surface area contributed by atoms with Crippen molar-refractivity contribution in [1.29, 1.82) is 0 Å². The fourth-order valence-electron chi connectivity index (χ4n) is 1.15. The van der Waals surface area contributed by atoms with Crippen LogP contribution in [0, 0.1) is 5.92 Å². The van der Waals surface area contributed by atoms with Crippen molar-refractivity contribution in [3.8, 4) is 5.75 Å². The third kappa shape index (κ3) is 2.45. The molecule has 1 aliphatic rings. The van der Waals surface area contributed by atoms with Crippen LogP contribution in [0.3, 0.4) is 0 Å². The number of thiophene rings is 1. The molecule has 0 aliphatic heterocycles. The third-order valence-corrected chi connectivity index (χ3v) is 2.81. The average Bonchev–Trinajstić information content (AvgIpc) is 2.34. The summed E-state index contributed by atoms with van der Waals surface area (Å²) >= 11 is 1.54. The fourth-order valence-corrected chi connectivity index (χ4v) is 1.71. The summed E-state index contributed by atoms with van der Waals surface area (Å²) in [5.41, 5.74) is 0. The Bertz CT molecular complexity index is 267. The van der Waals surface area contributed by atoms with Gasteiger partial charge in [0.25, 0.3) is 0 Å². The van der Waals surface area contributed by atoms with E-state index >= 15 is 0 Å². The van der Waals surface area contributed by atoms with Gasteiger partial charge < -0.3 is 4.74 Å². The molecule has 1 aromatic heterocycles. The van der Waals surface area contributed by atoms with Gasteiger partial charge in [-0.3, -0.25) is 4.79 Å². The second-order valence-electron chi connectivity index (χ2n) is 3.01. The first kappa shape index (κ1) is 10.5. The summed E-state index contributed by atoms with van der Waals surface area (Å²) < 4.78 is 5.13. The average molecular weight is 219 g/mol. The van der Waals surface area contributed by atoms with Crippen LogP contribution in [-0.4, -0.2) is 5.97 Å². The first-order valence-electron chi connectivity index (χ1n) is 4.10. The molecule has 1 fully saturated rings. The molecular weight excluding hydrogens is 208 g/mol. The van der Waals surface area contributed by atoms with Gasteiger partial charge in [-0.05, 0) is 24.3 Å². The lowest BCUT2D eigenvalue weighted by Crippen LogP contribution is -2.26. The molecule has 0 bridgehead atoms. The molecule has 0 spiro atoms. The van der Waals surface area contributed by atoms with Crippen LogP contribution in [0.2, 0.25) is 0 Å². The van der Waals surface area contributed by atoms with Crippen molar-refractivity contribution in [3.05, 3.63) is 16.8 Å². The summed E-state index contributed by atoms with van der Waals surface area (Å²) in [6.07, 6.45) is 3.18. The Kier molecular flexibility index (Phi) is 3.75. The monoisotopic (exact) mass is 218 g/mol. The Morgan fingerprint density at radius 1 is 1.54 bits per heavy atom. The van der Waals surface area contributed by atoms with Crippen LogP contribution in [0.1, 0.15) is 19.3 Å². The van der Waals surface area contributed by atoms with E-state index in [0.717, 1.165) is 12.8 Å². The standard InChI is InChI=1S/C9H10O2S.ClH/c10-9(7-2-1-3-7)11-8-4-5-12-6-8;/h4-7H,1-3H2;1H. The third-order valence-electron chi connectivity index (χ3n) is 2.15. The molecule has 1 heterocycles. The Balaban J connectivity index is 0.000000845. The highest BCUT2D eigenvalue weighted by Gasteiger charge is 2.26. The molecule has 72 valence electrons. The highest BCUT2D eigenvalue weighted by atomic mass is 35.5. The summed E-state index contributed by atoms with van der Waals surface area (Å²) in [5, 5.41) is 3.75. The lowest BCUT2D eigenvalue weighted by atomic mass is 9.86. The van der Waals surface area contributed by atoms with Crippen LogP contribution in [-0.2, 0) is 4.79 Å². The summed E-state index contributed by atoms with van der Waals surface area (Å²) in [4.78, 5) is 11.3. The van der Waals surface area contributed by atoms with Crippen LogP contribution in [0.4, 0.5) is 0 Å². The molecule has 2 rings (SSSR count). The van der Waals surface area contributed by atoms with E-state index in [-0.39, 0.29) is 24.3 Å². The maximum absolute atomic E-state index is 11.3. The number of ether oxygens (including phenoxy) is 1. The maximum atomic E-state index is 11.3. The summed E-state index contributed by atoms with van der Waals surface area (Å²) in [6, 6.07) is 1.82. The van der Waals surface area contributed by atoms with E-state index in [1.54, 1.807) is 11.3 Å². The van der Waals surface area contributed by atoms with Crippen LogP contribution in [0.5, 0.6) is 5.75 Å². The van der Waals surface area contributed by atoms with Gasteiger partial charge in [-0.2, -0.15) is 0 Å². The Morgan fingerprint density at radius 2 is 2.31 bits per heavy atom. The SMILES string of the molecule is Cl.O=C(Oc1ccsc1)C1CCC1. The molecule has 0 aromatic carbocycles. The fraction of sp³-hybridized carbons (Fsp3) is 0.444. The second-order valence-corrected chi connectivity index (χ2v) is 3.79. The van der Waals surface area contributed by atoms with E-state index < -0.39 is 0 Å². The number of halogens is 1. The predicted octanol–water partition coefficient (Wildman–Crippen LogP) is 2.88. The molecule has 1 saturated carbocycles. The molecule has 4 heteroatoms. The van der Waals surface area contributed by atoms with Crippen molar-refractivity contribution in [3.63, 3.8) is 0 Å². The van der Waals surface area contributed by atoms with Gasteiger partial charge in [-0.15, -0.1) is 23.7 Å². The number of hydrogen-bond acceptors (Lipinski definition) is 3. The van der Waals surface area contributed by atoms with E-state index in [0.29, 0.717) is 5.75 Å². The highest BCUT2D eigenvalue weighted by molar-refractivity contribution is 7.08. The molecule has 0 radical (unpaired) electrons. The number of hydrogen-bond donors (Lipinski definition) is 0. The molecule has 13 heavy (non-hydrogen) atoms. The number of esters is 1. The minimum atomic E-state index is -0.0559.